The fraction of sp³-hybridized carbons (Fsp3) is 0.0500. The van der Waals surface area contributed by atoms with Gasteiger partial charge in [0.05, 0.1) is 17.0 Å². The number of aromatic hydroxyl groups is 1. The second-order valence-corrected chi connectivity index (χ2v) is 7.64. The number of aliphatic imine (C=N–C) groups is 1. The quantitative estimate of drug-likeness (QED) is 0.639. The molecule has 5 nitrogen and oxygen atoms in total. The number of fused-ring (bicyclic) bond motifs is 1. The minimum Gasteiger partial charge on any atom is -0.492 e. The van der Waals surface area contributed by atoms with Crippen LogP contribution in [0.5, 0.6) is 5.88 Å². The average Bonchev–Trinajstić information content (AvgIpc) is 3.19. The Morgan fingerprint density at radius 3 is 2.74 bits per heavy atom. The topological polar surface area (TPSA) is 66.6 Å². The SMILES string of the molecule is O=C(Cc1ccccc1)Nn1c(O)c(C=C2C=Nc3ccccc32)sc1=S. The van der Waals surface area contributed by atoms with Crippen molar-refractivity contribution in [2.24, 2.45) is 4.99 Å². The largest absolute Gasteiger partial charge is 0.492 e. The number of hydrogen-bond acceptors (Lipinski definition) is 5. The predicted octanol–water partition coefficient (Wildman–Crippen LogP) is 4.55. The van der Waals surface area contributed by atoms with Gasteiger partial charge in [0, 0.05) is 17.4 Å². The van der Waals surface area contributed by atoms with Crippen LogP contribution in [-0.2, 0) is 11.2 Å². The number of hydrogen-bond donors (Lipinski definition) is 2. The molecule has 7 heteroatoms. The van der Waals surface area contributed by atoms with Gasteiger partial charge in [0.15, 0.2) is 3.95 Å². The van der Waals surface area contributed by atoms with Crippen LogP contribution in [0.25, 0.3) is 11.6 Å². The Balaban J connectivity index is 1.58. The molecule has 0 spiro atoms. The van der Waals surface area contributed by atoms with E-state index in [0.717, 1.165) is 22.4 Å². The molecular formula is C20H15N3O2S2. The number of nitrogens with zero attached hydrogens (tertiary/aromatic N) is 2. The van der Waals surface area contributed by atoms with E-state index in [9.17, 15) is 9.90 Å². The first-order chi connectivity index (χ1) is 13.1. The lowest BCUT2D eigenvalue weighted by atomic mass is 10.1. The molecule has 0 fully saturated rings. The van der Waals surface area contributed by atoms with E-state index in [1.807, 2.05) is 60.7 Å². The van der Waals surface area contributed by atoms with Crippen LogP contribution in [0.1, 0.15) is 16.0 Å². The van der Waals surface area contributed by atoms with Gasteiger partial charge < -0.3 is 5.11 Å². The van der Waals surface area contributed by atoms with Crippen LogP contribution >= 0.6 is 23.6 Å². The Bertz CT molecular complexity index is 1130. The lowest BCUT2D eigenvalue weighted by Crippen LogP contribution is -2.24. The van der Waals surface area contributed by atoms with E-state index in [0.29, 0.717) is 8.83 Å². The monoisotopic (exact) mass is 393 g/mol. The number of carbonyl (C=O) groups is 1. The highest BCUT2D eigenvalue weighted by Gasteiger charge is 2.16. The first-order valence-electron chi connectivity index (χ1n) is 8.25. The number of thiazole rings is 1. The lowest BCUT2D eigenvalue weighted by Gasteiger charge is -2.07. The molecule has 0 aliphatic carbocycles. The standard InChI is InChI=1S/C20H15N3O2S2/c24-18(10-13-6-2-1-3-7-13)22-23-19(25)17(27-20(23)26)11-14-12-21-16-9-5-4-8-15(14)16/h1-9,11-12,25H,10H2,(H,22,24). The number of carbonyl (C=O) groups excluding carboxylic acids is 1. The molecule has 1 aromatic heterocycles. The molecule has 0 saturated carbocycles. The number of aromatic nitrogens is 1. The van der Waals surface area contributed by atoms with E-state index in [-0.39, 0.29) is 18.2 Å². The molecule has 27 heavy (non-hydrogen) atoms. The van der Waals surface area contributed by atoms with Crippen LogP contribution in [0.15, 0.2) is 59.6 Å². The zero-order chi connectivity index (χ0) is 18.8. The summed E-state index contributed by atoms with van der Waals surface area (Å²) < 4.78 is 1.61. The minimum absolute atomic E-state index is 0.0864. The van der Waals surface area contributed by atoms with E-state index in [1.54, 1.807) is 6.21 Å². The Morgan fingerprint density at radius 1 is 1.19 bits per heavy atom. The Labute approximate surface area is 164 Å². The van der Waals surface area contributed by atoms with Gasteiger partial charge >= 0.3 is 0 Å². The summed E-state index contributed by atoms with van der Waals surface area (Å²) in [6.07, 6.45) is 3.78. The maximum atomic E-state index is 12.3. The molecular weight excluding hydrogens is 378 g/mol. The summed E-state index contributed by atoms with van der Waals surface area (Å²) in [6.45, 7) is 0. The summed E-state index contributed by atoms with van der Waals surface area (Å²) in [7, 11) is 0. The van der Waals surface area contributed by atoms with E-state index in [2.05, 4.69) is 10.4 Å². The van der Waals surface area contributed by atoms with Crippen molar-refractivity contribution in [1.29, 1.82) is 0 Å². The second kappa shape index (κ2) is 7.30. The van der Waals surface area contributed by atoms with Crippen LogP contribution < -0.4 is 5.43 Å². The van der Waals surface area contributed by atoms with Crippen molar-refractivity contribution in [2.75, 3.05) is 5.43 Å². The molecule has 0 unspecified atom stereocenters. The van der Waals surface area contributed by atoms with Gasteiger partial charge in [-0.3, -0.25) is 15.2 Å². The van der Waals surface area contributed by atoms with Gasteiger partial charge in [-0.05, 0) is 29.9 Å². The molecule has 0 atom stereocenters. The maximum Gasteiger partial charge on any atom is 0.243 e. The molecule has 134 valence electrons. The highest BCUT2D eigenvalue weighted by molar-refractivity contribution is 7.73. The molecule has 0 radical (unpaired) electrons. The maximum absolute atomic E-state index is 12.3. The van der Waals surface area contributed by atoms with Crippen LogP contribution in [-0.4, -0.2) is 21.9 Å². The highest BCUT2D eigenvalue weighted by Crippen LogP contribution is 2.35. The first-order valence-corrected chi connectivity index (χ1v) is 9.48. The van der Waals surface area contributed by atoms with Gasteiger partial charge in [-0.1, -0.05) is 59.9 Å². The van der Waals surface area contributed by atoms with E-state index in [4.69, 9.17) is 12.2 Å². The molecule has 1 aliphatic heterocycles. The van der Waals surface area contributed by atoms with Crippen molar-refractivity contribution < 1.29 is 9.90 Å². The van der Waals surface area contributed by atoms with Crippen molar-refractivity contribution in [3.05, 3.63) is 74.6 Å². The molecule has 0 bridgehead atoms. The summed E-state index contributed by atoms with van der Waals surface area (Å²) in [5.74, 6) is -0.339. The zero-order valence-electron chi connectivity index (χ0n) is 14.1. The molecule has 3 aromatic rings. The smallest absolute Gasteiger partial charge is 0.243 e. The molecule has 2 aromatic carbocycles. The molecule has 1 aliphatic rings. The van der Waals surface area contributed by atoms with E-state index in [1.165, 1.54) is 16.0 Å². The van der Waals surface area contributed by atoms with Crippen molar-refractivity contribution >= 4 is 53.0 Å². The number of allylic oxidation sites excluding steroid dienone is 1. The van der Waals surface area contributed by atoms with Crippen LogP contribution in [0.2, 0.25) is 0 Å². The van der Waals surface area contributed by atoms with Crippen molar-refractivity contribution in [3.63, 3.8) is 0 Å². The van der Waals surface area contributed by atoms with Gasteiger partial charge in [-0.15, -0.1) is 0 Å². The number of amides is 1. The van der Waals surface area contributed by atoms with Crippen molar-refractivity contribution in [1.82, 2.24) is 4.68 Å². The summed E-state index contributed by atoms with van der Waals surface area (Å²) >= 11 is 6.53. The normalized spacial score (nSPS) is 13.7. The summed E-state index contributed by atoms with van der Waals surface area (Å²) in [6, 6.07) is 17.2. The van der Waals surface area contributed by atoms with Gasteiger partial charge in [0.2, 0.25) is 11.8 Å². The van der Waals surface area contributed by atoms with Gasteiger partial charge in [-0.2, -0.15) is 4.68 Å². The van der Waals surface area contributed by atoms with Gasteiger partial charge in [0.25, 0.3) is 0 Å². The summed E-state index contributed by atoms with van der Waals surface area (Å²) in [5.41, 5.74) is 6.33. The number of rotatable bonds is 4. The fourth-order valence-corrected chi connectivity index (χ4v) is 4.00. The molecule has 2 N–H and O–H groups in total. The number of nitrogens with one attached hydrogen (secondary N) is 1. The van der Waals surface area contributed by atoms with E-state index >= 15 is 0 Å². The van der Waals surface area contributed by atoms with Gasteiger partial charge in [-0.25, -0.2) is 0 Å². The van der Waals surface area contributed by atoms with Crippen molar-refractivity contribution in [3.8, 4) is 5.88 Å². The molecule has 2 heterocycles. The van der Waals surface area contributed by atoms with Crippen LogP contribution in [0.4, 0.5) is 5.69 Å². The molecule has 1 amide bonds. The first kappa shape index (κ1) is 17.4. The second-order valence-electron chi connectivity index (χ2n) is 5.96. The Kier molecular flexibility index (Phi) is 4.70. The fourth-order valence-electron chi connectivity index (χ4n) is 2.82. The number of benzene rings is 2. The summed E-state index contributed by atoms with van der Waals surface area (Å²) in [5, 5.41) is 10.5. The Hall–Kier alpha value is -3.03. The third kappa shape index (κ3) is 3.60. The zero-order valence-corrected chi connectivity index (χ0v) is 15.8. The number of para-hydroxylation sites is 1. The van der Waals surface area contributed by atoms with Crippen LogP contribution in [0.3, 0.4) is 0 Å². The molecule has 4 rings (SSSR count). The summed E-state index contributed by atoms with van der Waals surface area (Å²) in [4.78, 5) is 17.2. The van der Waals surface area contributed by atoms with E-state index < -0.39 is 0 Å². The third-order valence-electron chi connectivity index (χ3n) is 4.10. The predicted molar refractivity (Wildman–Crippen MR) is 112 cm³/mol. The minimum atomic E-state index is -0.252. The Morgan fingerprint density at radius 2 is 1.93 bits per heavy atom. The molecule has 0 saturated heterocycles. The average molecular weight is 393 g/mol. The van der Waals surface area contributed by atoms with Crippen LogP contribution in [0, 0.1) is 3.95 Å². The third-order valence-corrected chi connectivity index (χ3v) is 5.41. The highest BCUT2D eigenvalue weighted by atomic mass is 32.1. The van der Waals surface area contributed by atoms with Crippen molar-refractivity contribution in [2.45, 2.75) is 6.42 Å². The van der Waals surface area contributed by atoms with Gasteiger partial charge in [0.1, 0.15) is 0 Å². The lowest BCUT2D eigenvalue weighted by molar-refractivity contribution is -0.116.